The summed E-state index contributed by atoms with van der Waals surface area (Å²) in [6.07, 6.45) is 5.93. The molecule has 1 fully saturated rings. The second-order valence-corrected chi connectivity index (χ2v) is 11.0. The second-order valence-electron chi connectivity index (χ2n) is 11.0. The Morgan fingerprint density at radius 3 is 1.82 bits per heavy atom. The number of rotatable bonds is 8. The van der Waals surface area contributed by atoms with E-state index in [9.17, 15) is 18.0 Å². The third-order valence-corrected chi connectivity index (χ3v) is 8.24. The van der Waals surface area contributed by atoms with E-state index >= 15 is 0 Å². The van der Waals surface area contributed by atoms with Gasteiger partial charge in [0.2, 0.25) is 0 Å². The predicted octanol–water partition coefficient (Wildman–Crippen LogP) is 9.62. The van der Waals surface area contributed by atoms with Gasteiger partial charge in [0.05, 0.1) is 19.6 Å². The van der Waals surface area contributed by atoms with E-state index in [0.717, 1.165) is 57.7 Å². The molecule has 0 spiro atoms. The van der Waals surface area contributed by atoms with Crippen LogP contribution in [0.15, 0.2) is 47.5 Å². The zero-order chi connectivity index (χ0) is 34.5. The summed E-state index contributed by atoms with van der Waals surface area (Å²) in [6.45, 7) is 14.9. The van der Waals surface area contributed by atoms with Gasteiger partial charge < -0.3 is 18.9 Å². The number of aryl methyl sites for hydroxylation is 1. The highest BCUT2D eigenvalue weighted by molar-refractivity contribution is 5.97. The molecule has 0 aliphatic heterocycles. The van der Waals surface area contributed by atoms with E-state index in [4.69, 9.17) is 9.47 Å². The first-order chi connectivity index (χ1) is 21.3. The Kier molecular flexibility index (Phi) is 16.2. The van der Waals surface area contributed by atoms with Crippen LogP contribution in [0.25, 0.3) is 21.9 Å². The van der Waals surface area contributed by atoms with Crippen molar-refractivity contribution in [3.05, 3.63) is 58.7 Å². The van der Waals surface area contributed by atoms with Gasteiger partial charge >= 0.3 is 6.18 Å². The average Bonchev–Trinajstić information content (AvgIpc) is 3.02. The lowest BCUT2D eigenvalue weighted by molar-refractivity contribution is -0.0931. The first kappa shape index (κ1) is 39.5. The largest absolute Gasteiger partial charge is 0.496 e. The Morgan fingerprint density at radius 1 is 0.978 bits per heavy atom. The summed E-state index contributed by atoms with van der Waals surface area (Å²) < 4.78 is 46.8. The van der Waals surface area contributed by atoms with Gasteiger partial charge in [0.1, 0.15) is 17.3 Å². The first-order valence-corrected chi connectivity index (χ1v) is 15.9. The monoisotopic (exact) mass is 633 g/mol. The van der Waals surface area contributed by atoms with Gasteiger partial charge in [0, 0.05) is 55.6 Å². The van der Waals surface area contributed by atoms with Crippen LogP contribution in [0, 0.1) is 11.8 Å². The molecule has 2 unspecified atom stereocenters. The number of allylic oxidation sites excluding steroid dienone is 1. The molecule has 2 atom stereocenters. The van der Waals surface area contributed by atoms with Crippen LogP contribution in [-0.4, -0.2) is 44.0 Å². The standard InChI is InChI=1S/C21H25N3O3.C8H16.C5H7F3.C2H6/c1-7-14-18(26-5)8-13(9-19(14)27-6)17-12-24(4)21(25)16-11-22-20(23(2)3)10-15(16)17;1-3-7-5-6-8(7)4-2;1-3-4(2)5(6,7)8;1-2/h8-12H,7H2,1-6H3;7-8H,3-6H2,1-2H3;2-3H2,1H3;1-2H3. The Hall–Kier alpha value is -3.49. The van der Waals surface area contributed by atoms with Gasteiger partial charge in [-0.25, -0.2) is 4.98 Å². The molecule has 0 bridgehead atoms. The molecule has 0 N–H and O–H groups in total. The topological polar surface area (TPSA) is 56.6 Å². The number of alkyl halides is 3. The quantitative estimate of drug-likeness (QED) is 0.231. The highest BCUT2D eigenvalue weighted by atomic mass is 19.4. The Morgan fingerprint density at radius 2 is 1.49 bits per heavy atom. The van der Waals surface area contributed by atoms with Gasteiger partial charge in [-0.1, -0.05) is 61.0 Å². The van der Waals surface area contributed by atoms with E-state index in [1.54, 1.807) is 32.0 Å². The van der Waals surface area contributed by atoms with Crippen molar-refractivity contribution < 1.29 is 22.6 Å². The summed E-state index contributed by atoms with van der Waals surface area (Å²) in [5, 5.41) is 1.43. The van der Waals surface area contributed by atoms with Gasteiger partial charge in [0.25, 0.3) is 5.56 Å². The Bertz CT molecular complexity index is 1390. The van der Waals surface area contributed by atoms with Crippen LogP contribution in [0.2, 0.25) is 0 Å². The summed E-state index contributed by atoms with van der Waals surface area (Å²) in [6, 6.07) is 5.94. The molecule has 1 saturated carbocycles. The molecule has 0 saturated heterocycles. The molecule has 45 heavy (non-hydrogen) atoms. The summed E-state index contributed by atoms with van der Waals surface area (Å²) >= 11 is 0. The van der Waals surface area contributed by atoms with Gasteiger partial charge in [-0.15, -0.1) is 0 Å². The van der Waals surface area contributed by atoms with Crippen LogP contribution in [0.4, 0.5) is 19.0 Å². The fourth-order valence-electron chi connectivity index (χ4n) is 5.23. The molecule has 0 amide bonds. The van der Waals surface area contributed by atoms with Crippen molar-refractivity contribution in [2.75, 3.05) is 33.2 Å². The van der Waals surface area contributed by atoms with Gasteiger partial charge in [0.15, 0.2) is 0 Å². The molecular weight excluding hydrogens is 579 g/mol. The number of fused-ring (bicyclic) bond motifs is 1. The number of pyridine rings is 2. The number of halogens is 3. The zero-order valence-electron chi connectivity index (χ0n) is 29.2. The van der Waals surface area contributed by atoms with E-state index in [2.05, 4.69) is 32.3 Å². The predicted molar refractivity (Wildman–Crippen MR) is 183 cm³/mol. The number of hydrogen-bond acceptors (Lipinski definition) is 5. The molecule has 2 aromatic heterocycles. The van der Waals surface area contributed by atoms with E-state index in [0.29, 0.717) is 5.39 Å². The molecule has 1 aliphatic carbocycles. The fourth-order valence-corrected chi connectivity index (χ4v) is 5.23. The number of aromatic nitrogens is 2. The molecule has 2 heterocycles. The van der Waals surface area contributed by atoms with Crippen LogP contribution >= 0.6 is 0 Å². The molecule has 0 radical (unpaired) electrons. The third kappa shape index (κ3) is 10.3. The molecule has 9 heteroatoms. The molecule has 6 nitrogen and oxygen atoms in total. The molecule has 4 rings (SSSR count). The van der Waals surface area contributed by atoms with Crippen LogP contribution in [-0.2, 0) is 13.5 Å². The van der Waals surface area contributed by atoms with E-state index in [1.807, 2.05) is 57.2 Å². The van der Waals surface area contributed by atoms with Gasteiger partial charge in [-0.2, -0.15) is 13.2 Å². The summed E-state index contributed by atoms with van der Waals surface area (Å²) in [5.41, 5.74) is 2.14. The average molecular weight is 634 g/mol. The number of anilines is 1. The van der Waals surface area contributed by atoms with Gasteiger partial charge in [-0.3, -0.25) is 4.79 Å². The minimum absolute atomic E-state index is 0.0243. The smallest absolute Gasteiger partial charge is 0.412 e. The highest BCUT2D eigenvalue weighted by Gasteiger charge is 2.29. The number of hydrogen-bond donors (Lipinski definition) is 0. The second kappa shape index (κ2) is 18.5. The number of methoxy groups -OCH3 is 2. The third-order valence-electron chi connectivity index (χ3n) is 8.24. The summed E-state index contributed by atoms with van der Waals surface area (Å²) in [7, 11) is 8.92. The summed E-state index contributed by atoms with van der Waals surface area (Å²) in [5.74, 6) is 4.53. The maximum atomic E-state index is 12.6. The van der Waals surface area contributed by atoms with Crippen molar-refractivity contribution in [2.45, 2.75) is 86.2 Å². The van der Waals surface area contributed by atoms with E-state index in [-0.39, 0.29) is 12.0 Å². The molecule has 1 aliphatic rings. The van der Waals surface area contributed by atoms with Crippen LogP contribution in [0.5, 0.6) is 11.5 Å². The molecular formula is C36H54F3N3O3. The zero-order valence-corrected chi connectivity index (χ0v) is 29.2. The van der Waals surface area contributed by atoms with Crippen molar-refractivity contribution in [1.29, 1.82) is 0 Å². The molecule has 252 valence electrons. The normalized spacial score (nSPS) is 15.2. The lowest BCUT2D eigenvalue weighted by atomic mass is 9.71. The molecule has 1 aromatic carbocycles. The number of benzene rings is 1. The number of nitrogens with zero attached hydrogens (tertiary/aromatic N) is 3. The highest BCUT2D eigenvalue weighted by Crippen LogP contribution is 2.39. The SMILES string of the molecule is C=C(CC)C(F)(F)F.CC.CCC1CCC1CC.CCc1c(OC)cc(-c2cn(C)c(=O)c3cnc(N(C)C)cc23)cc1OC. The van der Waals surface area contributed by atoms with Crippen molar-refractivity contribution in [1.82, 2.24) is 9.55 Å². The Balaban J connectivity index is 0.000000459. The van der Waals surface area contributed by atoms with Crippen LogP contribution in [0.1, 0.15) is 79.2 Å². The van der Waals surface area contributed by atoms with Crippen molar-refractivity contribution in [2.24, 2.45) is 18.9 Å². The Labute approximate surface area is 268 Å². The minimum atomic E-state index is -4.19. The maximum Gasteiger partial charge on any atom is 0.412 e. The summed E-state index contributed by atoms with van der Waals surface area (Å²) in [4.78, 5) is 18.9. The molecule has 3 aromatic rings. The first-order valence-electron chi connectivity index (χ1n) is 15.9. The van der Waals surface area contributed by atoms with E-state index in [1.165, 1.54) is 32.6 Å². The lowest BCUT2D eigenvalue weighted by Gasteiger charge is -2.35. The van der Waals surface area contributed by atoms with Crippen molar-refractivity contribution >= 4 is 16.6 Å². The van der Waals surface area contributed by atoms with Gasteiger partial charge in [-0.05, 0) is 61.3 Å². The van der Waals surface area contributed by atoms with Crippen LogP contribution in [0.3, 0.4) is 0 Å². The van der Waals surface area contributed by atoms with E-state index < -0.39 is 11.7 Å². The maximum absolute atomic E-state index is 12.6. The number of ether oxygens (including phenoxy) is 2. The fraction of sp³-hybridized carbons (Fsp3) is 0.556. The van der Waals surface area contributed by atoms with Crippen molar-refractivity contribution in [3.8, 4) is 22.6 Å². The minimum Gasteiger partial charge on any atom is -0.496 e. The van der Waals surface area contributed by atoms with Crippen molar-refractivity contribution in [3.63, 3.8) is 0 Å². The van der Waals surface area contributed by atoms with Crippen LogP contribution < -0.4 is 19.9 Å². The lowest BCUT2D eigenvalue weighted by Crippen LogP contribution is -2.23.